The lowest BCUT2D eigenvalue weighted by atomic mass is 9.94. The van der Waals surface area contributed by atoms with Crippen molar-refractivity contribution >= 4 is 12.4 Å². The van der Waals surface area contributed by atoms with Crippen molar-refractivity contribution in [3.05, 3.63) is 144 Å². The van der Waals surface area contributed by atoms with Crippen molar-refractivity contribution < 1.29 is 0 Å². The Morgan fingerprint density at radius 3 is 1.03 bits per heavy atom. The summed E-state index contributed by atoms with van der Waals surface area (Å²) in [5.41, 5.74) is 4.45. The van der Waals surface area contributed by atoms with Crippen molar-refractivity contribution in [3.8, 4) is 0 Å². The molecule has 0 aromatic heterocycles. The predicted octanol–water partition coefficient (Wildman–Crippen LogP) is 6.71. The van der Waals surface area contributed by atoms with Crippen LogP contribution >= 0.6 is 0 Å². The Morgan fingerprint density at radius 2 is 0.700 bits per heavy atom. The van der Waals surface area contributed by atoms with Gasteiger partial charge < -0.3 is 0 Å². The lowest BCUT2D eigenvalue weighted by molar-refractivity contribution is 0.583. The molecule has 2 heteroatoms. The number of benzene rings is 4. The van der Waals surface area contributed by atoms with Gasteiger partial charge in [0.15, 0.2) is 0 Å². The third kappa shape index (κ3) is 5.18. The first kappa shape index (κ1) is 19.5. The highest BCUT2D eigenvalue weighted by molar-refractivity contribution is 5.80. The van der Waals surface area contributed by atoms with Gasteiger partial charge in [0.1, 0.15) is 12.1 Å². The number of aliphatic imine (C=N–C) groups is 2. The second-order valence-electron chi connectivity index (χ2n) is 7.09. The molecule has 0 N–H and O–H groups in total. The van der Waals surface area contributed by atoms with E-state index in [1.165, 1.54) is 0 Å². The number of hydrogen-bond donors (Lipinski definition) is 0. The maximum absolute atomic E-state index is 5.01. The molecule has 4 rings (SSSR count). The molecule has 2 nitrogen and oxygen atoms in total. The highest BCUT2D eigenvalue weighted by Crippen LogP contribution is 2.35. The van der Waals surface area contributed by atoms with Crippen LogP contribution in [0, 0.1) is 0 Å². The summed E-state index contributed by atoms with van der Waals surface area (Å²) >= 11 is 0. The Hall–Kier alpha value is -3.78. The maximum Gasteiger partial charge on any atom is 0.101 e. The number of rotatable bonds is 7. The van der Waals surface area contributed by atoms with E-state index in [1.54, 1.807) is 0 Å². The molecule has 0 aliphatic heterocycles. The van der Waals surface area contributed by atoms with Gasteiger partial charge in [-0.05, 0) is 22.3 Å². The van der Waals surface area contributed by atoms with E-state index >= 15 is 0 Å². The van der Waals surface area contributed by atoms with Crippen molar-refractivity contribution in [1.82, 2.24) is 0 Å². The first-order valence-electron chi connectivity index (χ1n) is 10.2. The summed E-state index contributed by atoms with van der Waals surface area (Å²) < 4.78 is 0. The molecule has 0 heterocycles. The molecule has 0 fully saturated rings. The van der Waals surface area contributed by atoms with Gasteiger partial charge in [0, 0.05) is 12.4 Å². The van der Waals surface area contributed by atoms with Crippen molar-refractivity contribution in [2.75, 3.05) is 0 Å². The maximum atomic E-state index is 5.01. The fourth-order valence-electron chi connectivity index (χ4n) is 3.41. The summed E-state index contributed by atoms with van der Waals surface area (Å²) in [6, 6.07) is 41.0. The lowest BCUT2D eigenvalue weighted by Gasteiger charge is -2.22. The van der Waals surface area contributed by atoms with E-state index in [9.17, 15) is 0 Å². The summed E-state index contributed by atoms with van der Waals surface area (Å²) in [4.78, 5) is 10.0. The molecular weight excluding hydrogens is 364 g/mol. The zero-order valence-electron chi connectivity index (χ0n) is 16.8. The molecule has 0 bridgehead atoms. The van der Waals surface area contributed by atoms with Crippen LogP contribution in [-0.2, 0) is 0 Å². The van der Waals surface area contributed by atoms with Gasteiger partial charge in [-0.3, -0.25) is 9.98 Å². The van der Waals surface area contributed by atoms with E-state index in [4.69, 9.17) is 9.98 Å². The number of nitrogens with zero attached hydrogens (tertiary/aromatic N) is 2. The van der Waals surface area contributed by atoms with E-state index in [1.807, 2.05) is 61.0 Å². The van der Waals surface area contributed by atoms with Crippen molar-refractivity contribution in [1.29, 1.82) is 0 Å². The van der Waals surface area contributed by atoms with Gasteiger partial charge in [0.25, 0.3) is 0 Å². The summed E-state index contributed by atoms with van der Waals surface area (Å²) in [6.45, 7) is 0. The van der Waals surface area contributed by atoms with E-state index in [0.717, 1.165) is 22.3 Å². The molecule has 0 aliphatic carbocycles. The summed E-state index contributed by atoms with van der Waals surface area (Å²) in [5, 5.41) is 0. The van der Waals surface area contributed by atoms with Crippen LogP contribution in [0.5, 0.6) is 0 Å². The second kappa shape index (κ2) is 10.1. The van der Waals surface area contributed by atoms with Crippen LogP contribution in [0.4, 0.5) is 0 Å². The van der Waals surface area contributed by atoms with Crippen LogP contribution < -0.4 is 0 Å². The third-order valence-corrected chi connectivity index (χ3v) is 4.95. The summed E-state index contributed by atoms with van der Waals surface area (Å²) in [5.74, 6) is 0. The molecule has 0 saturated carbocycles. The molecule has 146 valence electrons. The van der Waals surface area contributed by atoms with E-state index in [2.05, 4.69) is 72.8 Å². The van der Waals surface area contributed by atoms with Crippen LogP contribution in [0.3, 0.4) is 0 Å². The molecule has 4 aromatic rings. The summed E-state index contributed by atoms with van der Waals surface area (Å²) in [6.07, 6.45) is 3.90. The Bertz CT molecular complexity index is 982. The van der Waals surface area contributed by atoms with Crippen molar-refractivity contribution in [2.45, 2.75) is 12.1 Å². The monoisotopic (exact) mass is 388 g/mol. The second-order valence-corrected chi connectivity index (χ2v) is 7.09. The molecule has 0 aliphatic rings. The van der Waals surface area contributed by atoms with Gasteiger partial charge in [0.2, 0.25) is 0 Å². The minimum atomic E-state index is -0.131. The van der Waals surface area contributed by atoms with Crippen LogP contribution in [0.2, 0.25) is 0 Å². The Labute approximate surface area is 178 Å². The van der Waals surface area contributed by atoms with Crippen LogP contribution in [0.15, 0.2) is 131 Å². The van der Waals surface area contributed by atoms with Crippen LogP contribution in [0.1, 0.15) is 34.3 Å². The van der Waals surface area contributed by atoms with Crippen molar-refractivity contribution in [2.24, 2.45) is 9.98 Å². The predicted molar refractivity (Wildman–Crippen MR) is 126 cm³/mol. The first-order chi connectivity index (χ1) is 14.9. The standard InChI is InChI=1S/C28H24N2/c1-5-13-23(14-6-1)21-29-27(25-17-9-3-10-18-25)28(26-19-11-4-12-20-26)30-22-24-15-7-2-8-16-24/h1-22,27-28H/t27-,28-/m0/s1. The Kier molecular flexibility index (Phi) is 6.59. The minimum Gasteiger partial charge on any atom is -0.282 e. The number of hydrogen-bond acceptors (Lipinski definition) is 2. The smallest absolute Gasteiger partial charge is 0.101 e. The van der Waals surface area contributed by atoms with Gasteiger partial charge in [-0.2, -0.15) is 0 Å². The van der Waals surface area contributed by atoms with Gasteiger partial charge in [-0.25, -0.2) is 0 Å². The molecule has 0 radical (unpaired) electrons. The van der Waals surface area contributed by atoms with E-state index in [0.29, 0.717) is 0 Å². The van der Waals surface area contributed by atoms with E-state index < -0.39 is 0 Å². The third-order valence-electron chi connectivity index (χ3n) is 4.95. The molecule has 0 saturated heterocycles. The van der Waals surface area contributed by atoms with E-state index in [-0.39, 0.29) is 12.1 Å². The first-order valence-corrected chi connectivity index (χ1v) is 10.2. The largest absolute Gasteiger partial charge is 0.282 e. The summed E-state index contributed by atoms with van der Waals surface area (Å²) in [7, 11) is 0. The van der Waals surface area contributed by atoms with Gasteiger partial charge >= 0.3 is 0 Å². The molecule has 30 heavy (non-hydrogen) atoms. The SMILES string of the molecule is C(=N[C@@H](c1ccccc1)[C@@H](N=Cc1ccccc1)c1ccccc1)c1ccccc1. The average molecular weight is 389 g/mol. The van der Waals surface area contributed by atoms with Crippen LogP contribution in [-0.4, -0.2) is 12.4 Å². The lowest BCUT2D eigenvalue weighted by Crippen LogP contribution is -2.09. The zero-order chi connectivity index (χ0) is 20.4. The van der Waals surface area contributed by atoms with Gasteiger partial charge in [-0.15, -0.1) is 0 Å². The average Bonchev–Trinajstić information content (AvgIpc) is 2.83. The molecule has 0 unspecified atom stereocenters. The fraction of sp³-hybridized carbons (Fsp3) is 0.0714. The molecule has 0 spiro atoms. The molecule has 0 amide bonds. The normalized spacial score (nSPS) is 13.5. The zero-order valence-corrected chi connectivity index (χ0v) is 16.8. The molecule has 2 atom stereocenters. The highest BCUT2D eigenvalue weighted by atomic mass is 14.9. The topological polar surface area (TPSA) is 24.7 Å². The Balaban J connectivity index is 1.76. The Morgan fingerprint density at radius 1 is 0.400 bits per heavy atom. The fourth-order valence-corrected chi connectivity index (χ4v) is 3.41. The molecular formula is C28H24N2. The quantitative estimate of drug-likeness (QED) is 0.314. The van der Waals surface area contributed by atoms with Gasteiger partial charge in [0.05, 0.1) is 0 Å². The highest BCUT2D eigenvalue weighted by Gasteiger charge is 2.23. The van der Waals surface area contributed by atoms with Gasteiger partial charge in [-0.1, -0.05) is 121 Å². The minimum absolute atomic E-state index is 0.131. The van der Waals surface area contributed by atoms with Crippen LogP contribution in [0.25, 0.3) is 0 Å². The molecule has 4 aromatic carbocycles. The van der Waals surface area contributed by atoms with Crippen molar-refractivity contribution in [3.63, 3.8) is 0 Å².